The number of anilines is 1. The first-order valence-corrected chi connectivity index (χ1v) is 8.62. The normalized spacial score (nSPS) is 15.5. The van der Waals surface area contributed by atoms with Gasteiger partial charge in [-0.2, -0.15) is 0 Å². The number of nitrogens with zero attached hydrogens (tertiary/aromatic N) is 4. The number of carbonyl (C=O) groups is 1. The maximum Gasteiger partial charge on any atom is 0.409 e. The zero-order chi connectivity index (χ0) is 17.8. The van der Waals surface area contributed by atoms with Crippen LogP contribution in [0.4, 0.5) is 15.0 Å². The molecule has 0 atom stereocenters. The average Bonchev–Trinajstić information content (AvgIpc) is 2.86. The molecule has 25 heavy (non-hydrogen) atoms. The zero-order valence-corrected chi connectivity index (χ0v) is 14.6. The minimum absolute atomic E-state index is 0.269. The van der Waals surface area contributed by atoms with Crippen LogP contribution in [0, 0.1) is 11.7 Å². The van der Waals surface area contributed by atoms with Gasteiger partial charge < -0.3 is 14.5 Å². The van der Waals surface area contributed by atoms with E-state index in [2.05, 4.69) is 14.9 Å². The fourth-order valence-corrected chi connectivity index (χ4v) is 2.93. The summed E-state index contributed by atoms with van der Waals surface area (Å²) in [5.41, 5.74) is 0.324. The highest BCUT2D eigenvalue weighted by atomic mass is 19.1. The molecule has 1 fully saturated rings. The van der Waals surface area contributed by atoms with Gasteiger partial charge >= 0.3 is 6.09 Å². The maximum absolute atomic E-state index is 14.0. The summed E-state index contributed by atoms with van der Waals surface area (Å²) in [6, 6.07) is 4.89. The quantitative estimate of drug-likeness (QED) is 0.855. The third kappa shape index (κ3) is 3.97. The van der Waals surface area contributed by atoms with Crippen molar-refractivity contribution in [3.05, 3.63) is 30.3 Å². The number of fused-ring (bicyclic) bond motifs is 1. The van der Waals surface area contributed by atoms with E-state index in [4.69, 9.17) is 4.74 Å². The molecule has 1 saturated heterocycles. The van der Waals surface area contributed by atoms with Crippen molar-refractivity contribution in [3.8, 4) is 0 Å². The Labute approximate surface area is 146 Å². The second kappa shape index (κ2) is 7.63. The number of hydrogen-bond donors (Lipinski definition) is 0. The Bertz CT molecular complexity index is 753. The van der Waals surface area contributed by atoms with Gasteiger partial charge in [0.15, 0.2) is 0 Å². The smallest absolute Gasteiger partial charge is 0.409 e. The van der Waals surface area contributed by atoms with Crippen LogP contribution in [0.25, 0.3) is 10.9 Å². The molecule has 1 amide bonds. The molecule has 7 heteroatoms. The van der Waals surface area contributed by atoms with E-state index in [9.17, 15) is 9.18 Å². The summed E-state index contributed by atoms with van der Waals surface area (Å²) in [7, 11) is 0. The SMILES string of the molecule is CC(C)COC(=O)N1CCCN(c2ncnc3c(F)cccc23)CC1. The number of rotatable bonds is 3. The second-order valence-electron chi connectivity index (χ2n) is 6.63. The monoisotopic (exact) mass is 346 g/mol. The van der Waals surface area contributed by atoms with E-state index in [-0.39, 0.29) is 11.9 Å². The number of ether oxygens (including phenoxy) is 1. The molecule has 0 bridgehead atoms. The highest BCUT2D eigenvalue weighted by molar-refractivity contribution is 5.89. The summed E-state index contributed by atoms with van der Waals surface area (Å²) >= 11 is 0. The van der Waals surface area contributed by atoms with Crippen LogP contribution in [-0.4, -0.2) is 53.7 Å². The van der Waals surface area contributed by atoms with Crippen molar-refractivity contribution in [3.63, 3.8) is 0 Å². The summed E-state index contributed by atoms with van der Waals surface area (Å²) in [5, 5.41) is 0.693. The van der Waals surface area contributed by atoms with Crippen LogP contribution in [0.5, 0.6) is 0 Å². The average molecular weight is 346 g/mol. The molecule has 1 aromatic heterocycles. The number of hydrogen-bond acceptors (Lipinski definition) is 5. The molecule has 0 N–H and O–H groups in total. The van der Waals surface area contributed by atoms with Gasteiger partial charge in [0.2, 0.25) is 0 Å². The Morgan fingerprint density at radius 1 is 1.24 bits per heavy atom. The van der Waals surface area contributed by atoms with Gasteiger partial charge in [-0.05, 0) is 24.5 Å². The molecule has 0 spiro atoms. The molecule has 1 aliphatic heterocycles. The molecular formula is C18H23FN4O2. The first-order chi connectivity index (χ1) is 12.1. The molecule has 1 aliphatic rings. The second-order valence-corrected chi connectivity index (χ2v) is 6.63. The van der Waals surface area contributed by atoms with E-state index in [0.29, 0.717) is 48.9 Å². The van der Waals surface area contributed by atoms with Crippen LogP contribution in [0.15, 0.2) is 24.5 Å². The van der Waals surface area contributed by atoms with Crippen molar-refractivity contribution in [1.29, 1.82) is 0 Å². The van der Waals surface area contributed by atoms with Crippen molar-refractivity contribution in [2.75, 3.05) is 37.7 Å². The molecule has 0 aliphatic carbocycles. The van der Waals surface area contributed by atoms with E-state index in [1.807, 2.05) is 19.9 Å². The molecule has 3 rings (SSSR count). The summed E-state index contributed by atoms with van der Waals surface area (Å²) in [6.45, 7) is 7.01. The maximum atomic E-state index is 14.0. The van der Waals surface area contributed by atoms with Gasteiger partial charge in [-0.15, -0.1) is 0 Å². The lowest BCUT2D eigenvalue weighted by molar-refractivity contribution is 0.0943. The van der Waals surface area contributed by atoms with Gasteiger partial charge in [0.25, 0.3) is 0 Å². The molecule has 0 unspecified atom stereocenters. The third-order valence-corrected chi connectivity index (χ3v) is 4.19. The van der Waals surface area contributed by atoms with Crippen LogP contribution >= 0.6 is 0 Å². The number of carbonyl (C=O) groups excluding carboxylic acids is 1. The van der Waals surface area contributed by atoms with Gasteiger partial charge in [0.1, 0.15) is 23.5 Å². The number of halogens is 1. The Morgan fingerprint density at radius 2 is 2.08 bits per heavy atom. The summed E-state index contributed by atoms with van der Waals surface area (Å²) in [5.74, 6) is 0.673. The van der Waals surface area contributed by atoms with Gasteiger partial charge in [0.05, 0.1) is 6.61 Å². The van der Waals surface area contributed by atoms with Crippen LogP contribution in [0.1, 0.15) is 20.3 Å². The highest BCUT2D eigenvalue weighted by Crippen LogP contribution is 2.25. The third-order valence-electron chi connectivity index (χ3n) is 4.19. The van der Waals surface area contributed by atoms with E-state index >= 15 is 0 Å². The number of amides is 1. The molecular weight excluding hydrogens is 323 g/mol. The van der Waals surface area contributed by atoms with Crippen molar-refractivity contribution < 1.29 is 13.9 Å². The van der Waals surface area contributed by atoms with Crippen LogP contribution in [0.2, 0.25) is 0 Å². The Morgan fingerprint density at radius 3 is 2.88 bits per heavy atom. The lowest BCUT2D eigenvalue weighted by atomic mass is 10.2. The van der Waals surface area contributed by atoms with Crippen LogP contribution in [-0.2, 0) is 4.74 Å². The first kappa shape index (κ1) is 17.4. The topological polar surface area (TPSA) is 58.6 Å². The minimum Gasteiger partial charge on any atom is -0.449 e. The molecule has 2 heterocycles. The van der Waals surface area contributed by atoms with Crippen LogP contribution in [0.3, 0.4) is 0 Å². The predicted octanol–water partition coefficient (Wildman–Crippen LogP) is 3.07. The number of para-hydroxylation sites is 1. The van der Waals surface area contributed by atoms with Crippen molar-refractivity contribution >= 4 is 22.8 Å². The molecule has 1 aromatic carbocycles. The minimum atomic E-state index is -0.352. The Hall–Kier alpha value is -2.44. The molecule has 0 radical (unpaired) electrons. The van der Waals surface area contributed by atoms with Gasteiger partial charge in [-0.25, -0.2) is 19.2 Å². The standard InChI is InChI=1S/C18H23FN4O2/c1-13(2)11-25-18(24)23-8-4-7-22(9-10-23)17-14-5-3-6-15(19)16(14)20-12-21-17/h3,5-6,12-13H,4,7-11H2,1-2H3. The van der Waals surface area contributed by atoms with E-state index in [1.54, 1.807) is 11.0 Å². The Kier molecular flexibility index (Phi) is 5.31. The summed E-state index contributed by atoms with van der Waals surface area (Å²) in [4.78, 5) is 24.4. The van der Waals surface area contributed by atoms with Crippen molar-refractivity contribution in [1.82, 2.24) is 14.9 Å². The summed E-state index contributed by atoms with van der Waals surface area (Å²) in [6.07, 6.45) is 1.92. The van der Waals surface area contributed by atoms with Crippen molar-refractivity contribution in [2.24, 2.45) is 5.92 Å². The van der Waals surface area contributed by atoms with Gasteiger partial charge in [0, 0.05) is 31.6 Å². The number of benzene rings is 1. The Balaban J connectivity index is 1.74. The largest absolute Gasteiger partial charge is 0.449 e. The predicted molar refractivity (Wildman–Crippen MR) is 94.1 cm³/mol. The van der Waals surface area contributed by atoms with E-state index < -0.39 is 0 Å². The van der Waals surface area contributed by atoms with E-state index in [0.717, 1.165) is 13.0 Å². The van der Waals surface area contributed by atoms with Crippen molar-refractivity contribution in [2.45, 2.75) is 20.3 Å². The summed E-state index contributed by atoms with van der Waals surface area (Å²) < 4.78 is 19.3. The highest BCUT2D eigenvalue weighted by Gasteiger charge is 2.22. The molecule has 0 saturated carbocycles. The molecule has 2 aromatic rings. The van der Waals surface area contributed by atoms with Gasteiger partial charge in [-0.3, -0.25) is 0 Å². The van der Waals surface area contributed by atoms with E-state index in [1.165, 1.54) is 12.4 Å². The lowest BCUT2D eigenvalue weighted by Gasteiger charge is -2.23. The van der Waals surface area contributed by atoms with Crippen LogP contribution < -0.4 is 4.90 Å². The lowest BCUT2D eigenvalue weighted by Crippen LogP contribution is -2.36. The fourth-order valence-electron chi connectivity index (χ4n) is 2.93. The zero-order valence-electron chi connectivity index (χ0n) is 14.6. The van der Waals surface area contributed by atoms with Gasteiger partial charge in [-0.1, -0.05) is 19.9 Å². The first-order valence-electron chi connectivity index (χ1n) is 8.62. The fraction of sp³-hybridized carbons (Fsp3) is 0.500. The molecule has 134 valence electrons. The number of aromatic nitrogens is 2. The molecule has 6 nitrogen and oxygen atoms in total.